The summed E-state index contributed by atoms with van der Waals surface area (Å²) in [5.74, 6) is 0.181. The molecule has 3 aromatic carbocycles. The Morgan fingerprint density at radius 3 is 2.57 bits per heavy atom. The van der Waals surface area contributed by atoms with E-state index in [1.54, 1.807) is 60.7 Å². The summed E-state index contributed by atoms with van der Waals surface area (Å²) in [4.78, 5) is 24.8. The molecular weight excluding hydrogens is 401 g/mol. The lowest BCUT2D eigenvalue weighted by Gasteiger charge is -2.09. The van der Waals surface area contributed by atoms with E-state index in [4.69, 9.17) is 32.4 Å². The smallest absolute Gasteiger partial charge is 0.262 e. The van der Waals surface area contributed by atoms with Gasteiger partial charge in [0.2, 0.25) is 5.43 Å². The lowest BCUT2D eigenvalue weighted by atomic mass is 10.1. The zero-order valence-electron chi connectivity index (χ0n) is 14.4. The van der Waals surface area contributed by atoms with E-state index in [0.29, 0.717) is 43.4 Å². The van der Waals surface area contributed by atoms with Crippen molar-refractivity contribution in [3.63, 3.8) is 0 Å². The normalized spacial score (nSPS) is 10.9. The summed E-state index contributed by atoms with van der Waals surface area (Å²) in [7, 11) is 0. The van der Waals surface area contributed by atoms with Crippen molar-refractivity contribution in [2.24, 2.45) is 0 Å². The Balaban J connectivity index is 1.56. The molecule has 4 aromatic rings. The van der Waals surface area contributed by atoms with Gasteiger partial charge in [-0.05, 0) is 48.5 Å². The van der Waals surface area contributed by atoms with E-state index in [1.165, 1.54) is 0 Å². The van der Waals surface area contributed by atoms with E-state index in [-0.39, 0.29) is 17.9 Å². The average molecular weight is 414 g/mol. The number of para-hydroxylation sites is 1. The second-order valence-electron chi connectivity index (χ2n) is 6.05. The summed E-state index contributed by atoms with van der Waals surface area (Å²) >= 11 is 11.9. The minimum atomic E-state index is -0.351. The molecule has 28 heavy (non-hydrogen) atoms. The number of carbonyl (C=O) groups is 1. The highest BCUT2D eigenvalue weighted by molar-refractivity contribution is 6.34. The van der Waals surface area contributed by atoms with Crippen LogP contribution in [0, 0.1) is 0 Å². The van der Waals surface area contributed by atoms with Crippen molar-refractivity contribution in [2.45, 2.75) is 0 Å². The molecule has 5 nitrogen and oxygen atoms in total. The van der Waals surface area contributed by atoms with Crippen LogP contribution in [0.3, 0.4) is 0 Å². The Morgan fingerprint density at radius 1 is 1.00 bits per heavy atom. The highest BCUT2D eigenvalue weighted by atomic mass is 35.5. The maximum absolute atomic E-state index is 12.6. The molecule has 1 heterocycles. The minimum absolute atomic E-state index is 0.173. The molecule has 1 N–H and O–H groups in total. The molecule has 0 spiro atoms. The van der Waals surface area contributed by atoms with Crippen molar-refractivity contribution in [3.05, 3.63) is 80.9 Å². The standard InChI is InChI=1S/C21H13Cl2NO4/c22-12-4-7-14(8-5-12)27-11-19(25)24-13-6-9-15-18(10-13)28-21-16(20(15)26)2-1-3-17(21)23/h1-10H,11H2,(H,24,25). The first-order valence-corrected chi connectivity index (χ1v) is 9.10. The minimum Gasteiger partial charge on any atom is -0.484 e. The Hall–Kier alpha value is -3.02. The first kappa shape index (κ1) is 18.3. The second kappa shape index (κ2) is 7.54. The van der Waals surface area contributed by atoms with Crippen LogP contribution >= 0.6 is 23.2 Å². The van der Waals surface area contributed by atoms with Gasteiger partial charge in [-0.1, -0.05) is 29.3 Å². The van der Waals surface area contributed by atoms with Crippen LogP contribution in [0.2, 0.25) is 10.0 Å². The Labute approximate surface area is 169 Å². The number of ether oxygens (including phenoxy) is 1. The molecule has 1 aromatic heterocycles. The molecule has 4 rings (SSSR count). The van der Waals surface area contributed by atoms with Crippen LogP contribution in [-0.4, -0.2) is 12.5 Å². The van der Waals surface area contributed by atoms with E-state index in [0.717, 1.165) is 0 Å². The topological polar surface area (TPSA) is 68.5 Å². The molecule has 0 bridgehead atoms. The molecule has 0 saturated carbocycles. The van der Waals surface area contributed by atoms with Crippen LogP contribution in [0.5, 0.6) is 5.75 Å². The number of rotatable bonds is 4. The van der Waals surface area contributed by atoms with Gasteiger partial charge in [0.1, 0.15) is 11.3 Å². The zero-order valence-corrected chi connectivity index (χ0v) is 15.9. The summed E-state index contributed by atoms with van der Waals surface area (Å²) in [6, 6.07) is 16.5. The molecular formula is C21H13Cl2NO4. The van der Waals surface area contributed by atoms with E-state index in [2.05, 4.69) is 5.32 Å². The fraction of sp³-hybridized carbons (Fsp3) is 0.0476. The number of fused-ring (bicyclic) bond motifs is 2. The van der Waals surface area contributed by atoms with Gasteiger partial charge in [-0.15, -0.1) is 0 Å². The van der Waals surface area contributed by atoms with E-state index < -0.39 is 0 Å². The molecule has 1 amide bonds. The van der Waals surface area contributed by atoms with Gasteiger partial charge in [0.15, 0.2) is 12.2 Å². The highest BCUT2D eigenvalue weighted by Crippen LogP contribution is 2.26. The van der Waals surface area contributed by atoms with Gasteiger partial charge in [-0.25, -0.2) is 0 Å². The molecule has 0 aliphatic carbocycles. The van der Waals surface area contributed by atoms with Crippen LogP contribution in [0.4, 0.5) is 5.69 Å². The van der Waals surface area contributed by atoms with Crippen LogP contribution < -0.4 is 15.5 Å². The molecule has 0 atom stereocenters. The molecule has 0 fully saturated rings. The third-order valence-corrected chi connectivity index (χ3v) is 4.67. The molecule has 7 heteroatoms. The first-order chi connectivity index (χ1) is 13.5. The number of halogens is 2. The van der Waals surface area contributed by atoms with Crippen molar-refractivity contribution in [2.75, 3.05) is 11.9 Å². The van der Waals surface area contributed by atoms with Gasteiger partial charge in [0, 0.05) is 16.8 Å². The van der Waals surface area contributed by atoms with Gasteiger partial charge >= 0.3 is 0 Å². The summed E-state index contributed by atoms with van der Waals surface area (Å²) < 4.78 is 11.2. The lowest BCUT2D eigenvalue weighted by Crippen LogP contribution is -2.20. The zero-order chi connectivity index (χ0) is 19.7. The maximum atomic E-state index is 12.6. The van der Waals surface area contributed by atoms with Crippen LogP contribution in [0.1, 0.15) is 0 Å². The molecule has 140 valence electrons. The van der Waals surface area contributed by atoms with Crippen molar-refractivity contribution in [1.29, 1.82) is 0 Å². The number of benzene rings is 3. The lowest BCUT2D eigenvalue weighted by molar-refractivity contribution is -0.118. The maximum Gasteiger partial charge on any atom is 0.262 e. The van der Waals surface area contributed by atoms with Crippen molar-refractivity contribution in [3.8, 4) is 5.75 Å². The van der Waals surface area contributed by atoms with Crippen molar-refractivity contribution >= 4 is 56.7 Å². The molecule has 0 aliphatic heterocycles. The summed E-state index contributed by atoms with van der Waals surface area (Å²) in [6.45, 7) is -0.173. The molecule has 0 radical (unpaired) electrons. The molecule has 0 unspecified atom stereocenters. The number of carbonyl (C=O) groups excluding carboxylic acids is 1. The van der Waals surface area contributed by atoms with E-state index in [9.17, 15) is 9.59 Å². The van der Waals surface area contributed by atoms with E-state index in [1.807, 2.05) is 0 Å². The fourth-order valence-electron chi connectivity index (χ4n) is 2.80. The van der Waals surface area contributed by atoms with Gasteiger partial charge in [-0.3, -0.25) is 9.59 Å². The van der Waals surface area contributed by atoms with Crippen molar-refractivity contribution < 1.29 is 13.9 Å². The number of nitrogens with one attached hydrogen (secondary N) is 1. The monoisotopic (exact) mass is 413 g/mol. The Bertz CT molecular complexity index is 1250. The van der Waals surface area contributed by atoms with Crippen LogP contribution in [0.15, 0.2) is 69.9 Å². The van der Waals surface area contributed by atoms with Crippen molar-refractivity contribution in [1.82, 2.24) is 0 Å². The number of anilines is 1. The number of amides is 1. The van der Waals surface area contributed by atoms with Crippen LogP contribution in [0.25, 0.3) is 21.9 Å². The second-order valence-corrected chi connectivity index (χ2v) is 6.89. The Morgan fingerprint density at radius 2 is 1.79 bits per heavy atom. The average Bonchev–Trinajstić information content (AvgIpc) is 2.68. The number of hydrogen-bond acceptors (Lipinski definition) is 4. The van der Waals surface area contributed by atoms with Gasteiger partial charge in [0.25, 0.3) is 5.91 Å². The third kappa shape index (κ3) is 3.67. The first-order valence-electron chi connectivity index (χ1n) is 8.34. The predicted molar refractivity (Wildman–Crippen MR) is 111 cm³/mol. The Kier molecular flexibility index (Phi) is 4.94. The summed E-state index contributed by atoms with van der Waals surface area (Å²) in [5.41, 5.74) is 0.952. The van der Waals surface area contributed by atoms with Gasteiger partial charge < -0.3 is 14.5 Å². The van der Waals surface area contributed by atoms with Crippen LogP contribution in [-0.2, 0) is 4.79 Å². The number of hydrogen-bond donors (Lipinski definition) is 1. The summed E-state index contributed by atoms with van der Waals surface area (Å²) in [5, 5.41) is 4.47. The van der Waals surface area contributed by atoms with Gasteiger partial charge in [0.05, 0.1) is 15.8 Å². The predicted octanol–water partition coefficient (Wildman–Crippen LogP) is 5.27. The quantitative estimate of drug-likeness (QED) is 0.462. The highest BCUT2D eigenvalue weighted by Gasteiger charge is 2.11. The molecule has 0 aliphatic rings. The fourth-order valence-corrected chi connectivity index (χ4v) is 3.13. The van der Waals surface area contributed by atoms with Gasteiger partial charge in [-0.2, -0.15) is 0 Å². The summed E-state index contributed by atoms with van der Waals surface area (Å²) in [6.07, 6.45) is 0. The SMILES string of the molecule is O=C(COc1ccc(Cl)cc1)Nc1ccc2c(=O)c3cccc(Cl)c3oc2c1. The van der Waals surface area contributed by atoms with E-state index >= 15 is 0 Å². The largest absolute Gasteiger partial charge is 0.484 e. The third-order valence-electron chi connectivity index (χ3n) is 4.12. The molecule has 0 saturated heterocycles.